The molecule has 2 rings (SSSR count). The minimum atomic E-state index is -0.235. The molecule has 2 unspecified atom stereocenters. The van der Waals surface area contributed by atoms with Gasteiger partial charge in [0.1, 0.15) is 0 Å². The normalized spacial score (nSPS) is 17.5. The van der Waals surface area contributed by atoms with Crippen molar-refractivity contribution < 1.29 is 9.90 Å². The number of hydrogen-bond donors (Lipinski definition) is 3. The number of carbonyl (C=O) groups is 1. The van der Waals surface area contributed by atoms with Gasteiger partial charge in [0, 0.05) is 19.1 Å². The lowest BCUT2D eigenvalue weighted by Gasteiger charge is -2.33. The van der Waals surface area contributed by atoms with E-state index in [1.54, 1.807) is 0 Å². The summed E-state index contributed by atoms with van der Waals surface area (Å²) in [4.78, 5) is 14.4. The number of nitrogens with one attached hydrogen (secondary N) is 1. The van der Waals surface area contributed by atoms with Crippen LogP contribution in [0.1, 0.15) is 26.7 Å². The highest BCUT2D eigenvalue weighted by Crippen LogP contribution is 2.28. The number of halogens is 2. The van der Waals surface area contributed by atoms with Crippen molar-refractivity contribution in [2.24, 2.45) is 11.7 Å². The minimum absolute atomic E-state index is 0. The largest absolute Gasteiger partial charge is 0.393 e. The van der Waals surface area contributed by atoms with Gasteiger partial charge in [0.15, 0.2) is 0 Å². The third-order valence-corrected chi connectivity index (χ3v) is 4.17. The number of piperidine rings is 1. The van der Waals surface area contributed by atoms with Crippen LogP contribution >= 0.6 is 24.8 Å². The SMILES string of the molecule is CC(N)C(C)C(=O)Nc1ccccc1N1CCC(O)CC1.Cl.Cl. The molecule has 0 aliphatic carbocycles. The van der Waals surface area contributed by atoms with Gasteiger partial charge in [-0.05, 0) is 31.9 Å². The highest BCUT2D eigenvalue weighted by Gasteiger charge is 2.22. The molecule has 0 bridgehead atoms. The van der Waals surface area contributed by atoms with E-state index in [0.29, 0.717) is 0 Å². The molecule has 0 radical (unpaired) electrons. The van der Waals surface area contributed by atoms with E-state index in [9.17, 15) is 9.90 Å². The van der Waals surface area contributed by atoms with Crippen molar-refractivity contribution in [3.63, 3.8) is 0 Å². The number of nitrogens with zero attached hydrogens (tertiary/aromatic N) is 1. The van der Waals surface area contributed by atoms with Gasteiger partial charge in [-0.2, -0.15) is 0 Å². The Labute approximate surface area is 150 Å². The van der Waals surface area contributed by atoms with Crippen LogP contribution in [0, 0.1) is 5.92 Å². The van der Waals surface area contributed by atoms with E-state index < -0.39 is 0 Å². The summed E-state index contributed by atoms with van der Waals surface area (Å²) in [6.07, 6.45) is 1.32. The predicted octanol–water partition coefficient (Wildman–Crippen LogP) is 2.41. The van der Waals surface area contributed by atoms with Gasteiger partial charge < -0.3 is 21.1 Å². The van der Waals surface area contributed by atoms with E-state index in [-0.39, 0.29) is 48.8 Å². The third kappa shape index (κ3) is 5.84. The maximum atomic E-state index is 12.2. The molecule has 4 N–H and O–H groups in total. The van der Waals surface area contributed by atoms with Gasteiger partial charge in [0.25, 0.3) is 0 Å². The number of hydrogen-bond acceptors (Lipinski definition) is 4. The summed E-state index contributed by atoms with van der Waals surface area (Å²) in [7, 11) is 0. The minimum Gasteiger partial charge on any atom is -0.393 e. The first kappa shape index (κ1) is 22.0. The van der Waals surface area contributed by atoms with E-state index in [2.05, 4.69) is 10.2 Å². The first-order chi connectivity index (χ1) is 9.99. The fourth-order valence-corrected chi connectivity index (χ4v) is 2.45. The summed E-state index contributed by atoms with van der Waals surface area (Å²) >= 11 is 0. The Kier molecular flexibility index (Phi) is 9.54. The van der Waals surface area contributed by atoms with Gasteiger partial charge in [0.05, 0.1) is 23.4 Å². The second-order valence-electron chi connectivity index (χ2n) is 5.87. The van der Waals surface area contributed by atoms with Gasteiger partial charge >= 0.3 is 0 Å². The maximum Gasteiger partial charge on any atom is 0.228 e. The highest BCUT2D eigenvalue weighted by molar-refractivity contribution is 5.96. The van der Waals surface area contributed by atoms with E-state index in [0.717, 1.165) is 37.3 Å². The summed E-state index contributed by atoms with van der Waals surface area (Å²) in [5, 5.41) is 12.6. The first-order valence-electron chi connectivity index (χ1n) is 7.57. The van der Waals surface area contributed by atoms with Crippen LogP contribution in [-0.4, -0.2) is 36.2 Å². The smallest absolute Gasteiger partial charge is 0.228 e. The molecule has 1 amide bonds. The molecule has 1 saturated heterocycles. The molecule has 23 heavy (non-hydrogen) atoms. The number of benzene rings is 1. The van der Waals surface area contributed by atoms with E-state index in [4.69, 9.17) is 5.73 Å². The van der Waals surface area contributed by atoms with Gasteiger partial charge in [-0.15, -0.1) is 24.8 Å². The number of amides is 1. The zero-order valence-electron chi connectivity index (χ0n) is 13.6. The molecule has 1 aliphatic rings. The predicted molar refractivity (Wildman–Crippen MR) is 99.8 cm³/mol. The van der Waals surface area contributed by atoms with Crippen LogP contribution in [0.5, 0.6) is 0 Å². The molecule has 0 aromatic heterocycles. The lowest BCUT2D eigenvalue weighted by Crippen LogP contribution is -2.37. The average Bonchev–Trinajstić information content (AvgIpc) is 2.48. The zero-order valence-corrected chi connectivity index (χ0v) is 15.2. The number of aliphatic hydroxyl groups excluding tert-OH is 1. The molecule has 2 atom stereocenters. The Morgan fingerprint density at radius 2 is 1.83 bits per heavy atom. The van der Waals surface area contributed by atoms with Gasteiger partial charge in [-0.25, -0.2) is 0 Å². The Hall–Kier alpha value is -1.01. The summed E-state index contributed by atoms with van der Waals surface area (Å²) < 4.78 is 0. The lowest BCUT2D eigenvalue weighted by atomic mass is 10.0. The van der Waals surface area contributed by atoms with Crippen LogP contribution < -0.4 is 16.0 Å². The second kappa shape index (κ2) is 9.98. The molecule has 7 heteroatoms. The molecular formula is C16H27Cl2N3O2. The summed E-state index contributed by atoms with van der Waals surface area (Å²) in [6, 6.07) is 7.61. The number of para-hydroxylation sites is 2. The maximum absolute atomic E-state index is 12.2. The molecule has 1 aliphatic heterocycles. The molecular weight excluding hydrogens is 337 g/mol. The van der Waals surface area contributed by atoms with Crippen molar-refractivity contribution >= 4 is 42.1 Å². The molecule has 1 aromatic rings. The van der Waals surface area contributed by atoms with E-state index in [1.165, 1.54) is 0 Å². The van der Waals surface area contributed by atoms with Gasteiger partial charge in [0.2, 0.25) is 5.91 Å². The number of nitrogens with two attached hydrogens (primary N) is 1. The molecule has 5 nitrogen and oxygen atoms in total. The summed E-state index contributed by atoms with van der Waals surface area (Å²) in [5.74, 6) is -0.296. The van der Waals surface area contributed by atoms with Gasteiger partial charge in [-0.1, -0.05) is 19.1 Å². The standard InChI is InChI=1S/C16H25N3O2.2ClH/c1-11(12(2)17)16(21)18-14-5-3-4-6-15(14)19-9-7-13(20)8-10-19;;/h3-6,11-13,20H,7-10,17H2,1-2H3,(H,18,21);2*1H. The van der Waals surface area contributed by atoms with Crippen LogP contribution in [0.15, 0.2) is 24.3 Å². The molecule has 1 fully saturated rings. The summed E-state index contributed by atoms with van der Waals surface area (Å²) in [5.41, 5.74) is 7.61. The van der Waals surface area contributed by atoms with Crippen molar-refractivity contribution in [3.05, 3.63) is 24.3 Å². The van der Waals surface area contributed by atoms with Crippen LogP contribution in [0.25, 0.3) is 0 Å². The summed E-state index contributed by atoms with van der Waals surface area (Å²) in [6.45, 7) is 5.27. The topological polar surface area (TPSA) is 78.6 Å². The molecule has 0 spiro atoms. The van der Waals surface area contributed by atoms with Crippen LogP contribution in [0.3, 0.4) is 0 Å². The highest BCUT2D eigenvalue weighted by atomic mass is 35.5. The van der Waals surface area contributed by atoms with Crippen molar-refractivity contribution in [1.82, 2.24) is 0 Å². The Bertz CT molecular complexity index is 492. The molecule has 0 saturated carbocycles. The third-order valence-electron chi connectivity index (χ3n) is 4.17. The Balaban J connectivity index is 0.00000242. The fraction of sp³-hybridized carbons (Fsp3) is 0.562. The molecule has 132 valence electrons. The average molecular weight is 364 g/mol. The van der Waals surface area contributed by atoms with Crippen molar-refractivity contribution in [2.75, 3.05) is 23.3 Å². The monoisotopic (exact) mass is 363 g/mol. The van der Waals surface area contributed by atoms with Gasteiger partial charge in [-0.3, -0.25) is 4.79 Å². The second-order valence-corrected chi connectivity index (χ2v) is 5.87. The molecule has 1 heterocycles. The Morgan fingerprint density at radius 3 is 2.39 bits per heavy atom. The quantitative estimate of drug-likeness (QED) is 0.767. The zero-order chi connectivity index (χ0) is 15.4. The van der Waals surface area contributed by atoms with Crippen molar-refractivity contribution in [1.29, 1.82) is 0 Å². The van der Waals surface area contributed by atoms with Crippen molar-refractivity contribution in [2.45, 2.75) is 38.8 Å². The molecule has 1 aromatic carbocycles. The van der Waals surface area contributed by atoms with Crippen LogP contribution in [0.4, 0.5) is 11.4 Å². The number of rotatable bonds is 4. The Morgan fingerprint density at radius 1 is 1.26 bits per heavy atom. The number of aliphatic hydroxyl groups is 1. The van der Waals surface area contributed by atoms with Crippen LogP contribution in [0.2, 0.25) is 0 Å². The lowest BCUT2D eigenvalue weighted by molar-refractivity contribution is -0.119. The van der Waals surface area contributed by atoms with Crippen LogP contribution in [-0.2, 0) is 4.79 Å². The van der Waals surface area contributed by atoms with Crippen molar-refractivity contribution in [3.8, 4) is 0 Å². The number of anilines is 2. The first-order valence-corrected chi connectivity index (χ1v) is 7.57. The fourth-order valence-electron chi connectivity index (χ4n) is 2.45. The van der Waals surface area contributed by atoms with E-state index in [1.807, 2.05) is 38.1 Å². The van der Waals surface area contributed by atoms with E-state index >= 15 is 0 Å². The number of carbonyl (C=O) groups excluding carboxylic acids is 1.